The predicted octanol–water partition coefficient (Wildman–Crippen LogP) is 15.6. The predicted molar refractivity (Wildman–Crippen MR) is 261 cm³/mol. The van der Waals surface area contributed by atoms with Crippen molar-refractivity contribution in [2.75, 3.05) is 0 Å². The molecule has 4 nitrogen and oxygen atoms in total. The number of fused-ring (bicyclic) bond motifs is 15. The van der Waals surface area contributed by atoms with Gasteiger partial charge in [-0.05, 0) is 111 Å². The minimum atomic E-state index is 0.119. The van der Waals surface area contributed by atoms with Gasteiger partial charge in [0, 0.05) is 56.3 Å². The van der Waals surface area contributed by atoms with Gasteiger partial charge in [-0.15, -0.1) is 0 Å². The van der Waals surface area contributed by atoms with Gasteiger partial charge in [0.15, 0.2) is 5.82 Å². The van der Waals surface area contributed by atoms with E-state index in [0.29, 0.717) is 12.2 Å². The van der Waals surface area contributed by atoms with E-state index in [1.165, 1.54) is 71.8 Å². The monoisotopic (exact) mass is 820 g/mol. The molecular formula is C60H40N2O2. The summed E-state index contributed by atoms with van der Waals surface area (Å²) in [6, 6.07) is 59.7. The standard InChI is InChI=1S/C60H40N2O2/c1-2-11-36(12-3-1)37-22-24-38(25-23-37)58-50-32-35-21-27-43-48-34-40-14-5-4-13-39(40)33-41(48)26-28-42(49(43)31-35)44-29-30-54-56(46-16-7-9-19-52(46)64-54)57(44)59(50)62-60(61-58)47-17-10-20-53-55(47)45-15-6-8-18-51(45)63-53/h1-6,8-15,17-25,27,29-31,33-34,42H,7,16,26,28,32H2. The molecule has 0 radical (unpaired) electrons. The van der Waals surface area contributed by atoms with Crippen LogP contribution in [0, 0.1) is 0 Å². The van der Waals surface area contributed by atoms with Gasteiger partial charge < -0.3 is 8.83 Å². The first kappa shape index (κ1) is 35.7. The first-order valence-electron chi connectivity index (χ1n) is 22.6. The molecule has 0 fully saturated rings. The number of aromatic nitrogens is 2. The van der Waals surface area contributed by atoms with Gasteiger partial charge in [0.2, 0.25) is 0 Å². The SMILES string of the molecule is C1=Cc2oc3ccc4c(c3c2CC1)-c1nc(-c2cccc3oc5ccccc5c23)nc(-c2ccc(-c3ccccc3)cc2)c1Cc1ccc2c(c1)C4CCc1cc3ccccc3cc1-2. The van der Waals surface area contributed by atoms with Gasteiger partial charge in [-0.25, -0.2) is 9.97 Å². The molecule has 3 aliphatic rings. The van der Waals surface area contributed by atoms with Crippen LogP contribution in [0.4, 0.5) is 0 Å². The first-order valence-corrected chi connectivity index (χ1v) is 22.6. The van der Waals surface area contributed by atoms with E-state index < -0.39 is 0 Å². The fourth-order valence-corrected chi connectivity index (χ4v) is 11.2. The van der Waals surface area contributed by atoms with Crippen molar-refractivity contribution in [3.63, 3.8) is 0 Å². The fraction of sp³-hybridized carbons (Fsp3) is 0.100. The average molecular weight is 821 g/mol. The van der Waals surface area contributed by atoms with E-state index in [1.807, 2.05) is 12.1 Å². The Balaban J connectivity index is 1.10. The summed E-state index contributed by atoms with van der Waals surface area (Å²) in [7, 11) is 0. The number of furan rings is 2. The quantitative estimate of drug-likeness (QED) is 0.178. The summed E-state index contributed by atoms with van der Waals surface area (Å²) in [5.74, 6) is 1.76. The summed E-state index contributed by atoms with van der Waals surface area (Å²) in [6.07, 6.45) is 8.91. The van der Waals surface area contributed by atoms with E-state index in [-0.39, 0.29) is 5.92 Å². The van der Waals surface area contributed by atoms with Crippen LogP contribution in [0.3, 0.4) is 0 Å². The summed E-state index contributed by atoms with van der Waals surface area (Å²) in [6.45, 7) is 0. The third-order valence-electron chi connectivity index (χ3n) is 14.2. The minimum absolute atomic E-state index is 0.119. The third-order valence-corrected chi connectivity index (χ3v) is 14.2. The number of rotatable bonds is 3. The Morgan fingerprint density at radius 3 is 2.17 bits per heavy atom. The zero-order chi connectivity index (χ0) is 41.9. The molecule has 0 saturated heterocycles. The minimum Gasteiger partial charge on any atom is -0.456 e. The van der Waals surface area contributed by atoms with Crippen molar-refractivity contribution in [3.8, 4) is 56.2 Å². The van der Waals surface area contributed by atoms with Gasteiger partial charge in [0.25, 0.3) is 0 Å². The maximum Gasteiger partial charge on any atom is 0.161 e. The molecular weight excluding hydrogens is 781 g/mol. The van der Waals surface area contributed by atoms with Crippen LogP contribution in [0.1, 0.15) is 57.9 Å². The van der Waals surface area contributed by atoms with Crippen LogP contribution in [0.2, 0.25) is 0 Å². The highest BCUT2D eigenvalue weighted by atomic mass is 16.3. The summed E-state index contributed by atoms with van der Waals surface area (Å²) in [4.78, 5) is 11.6. The maximum absolute atomic E-state index is 6.79. The third kappa shape index (κ3) is 5.42. The van der Waals surface area contributed by atoms with E-state index >= 15 is 0 Å². The van der Waals surface area contributed by atoms with Gasteiger partial charge in [0.05, 0.1) is 11.4 Å². The molecule has 1 atom stereocenters. The fourth-order valence-electron chi connectivity index (χ4n) is 11.2. The highest BCUT2D eigenvalue weighted by Gasteiger charge is 2.34. The van der Waals surface area contributed by atoms with Gasteiger partial charge >= 0.3 is 0 Å². The Kier molecular flexibility index (Phi) is 7.73. The largest absolute Gasteiger partial charge is 0.456 e. The first-order chi connectivity index (χ1) is 31.7. The molecule has 14 rings (SSSR count). The van der Waals surface area contributed by atoms with E-state index in [0.717, 1.165) is 87.0 Å². The number of allylic oxidation sites excluding steroid dienone is 1. The van der Waals surface area contributed by atoms with Gasteiger partial charge in [-0.1, -0.05) is 146 Å². The Bertz CT molecular complexity index is 3760. The second kappa shape index (κ2) is 13.8. The molecule has 3 aromatic heterocycles. The van der Waals surface area contributed by atoms with Gasteiger partial charge in [-0.3, -0.25) is 0 Å². The number of hydrogen-bond donors (Lipinski definition) is 0. The second-order valence-electron chi connectivity index (χ2n) is 17.8. The van der Waals surface area contributed by atoms with E-state index in [9.17, 15) is 0 Å². The lowest BCUT2D eigenvalue weighted by Gasteiger charge is -2.23. The number of aryl methyl sites for hydroxylation is 2. The molecule has 3 aliphatic carbocycles. The molecule has 0 saturated carbocycles. The van der Waals surface area contributed by atoms with Crippen LogP contribution in [0.25, 0.3) is 106 Å². The van der Waals surface area contributed by atoms with Crippen molar-refractivity contribution in [2.45, 2.75) is 38.0 Å². The smallest absolute Gasteiger partial charge is 0.161 e. The number of hydrogen-bond acceptors (Lipinski definition) is 4. The highest BCUT2D eigenvalue weighted by Crippen LogP contribution is 2.51. The molecule has 11 aromatic rings. The number of nitrogens with zero attached hydrogens (tertiary/aromatic N) is 2. The van der Waals surface area contributed by atoms with Crippen LogP contribution in [-0.4, -0.2) is 9.97 Å². The van der Waals surface area contributed by atoms with Crippen LogP contribution in [0.5, 0.6) is 0 Å². The Hall–Kier alpha value is -7.82. The lowest BCUT2D eigenvalue weighted by molar-refractivity contribution is 0.595. The Labute approximate surface area is 370 Å². The van der Waals surface area contributed by atoms with E-state index in [2.05, 4.69) is 164 Å². The lowest BCUT2D eigenvalue weighted by atomic mass is 9.81. The molecule has 0 amide bonds. The molecule has 8 aromatic carbocycles. The zero-order valence-electron chi connectivity index (χ0n) is 35.1. The van der Waals surface area contributed by atoms with Crippen LogP contribution < -0.4 is 0 Å². The maximum atomic E-state index is 6.79. The summed E-state index contributed by atoms with van der Waals surface area (Å²) in [5, 5.41) is 5.84. The summed E-state index contributed by atoms with van der Waals surface area (Å²) >= 11 is 0. The van der Waals surface area contributed by atoms with Crippen molar-refractivity contribution in [3.05, 3.63) is 209 Å². The molecule has 4 heteroatoms. The molecule has 64 heavy (non-hydrogen) atoms. The Morgan fingerprint density at radius 2 is 1.27 bits per heavy atom. The normalized spacial score (nSPS) is 15.0. The Morgan fingerprint density at radius 1 is 0.500 bits per heavy atom. The average Bonchev–Trinajstić information content (AvgIpc) is 3.89. The summed E-state index contributed by atoms with van der Waals surface area (Å²) < 4.78 is 13.3. The molecule has 302 valence electrons. The molecule has 2 bridgehead atoms. The topological polar surface area (TPSA) is 52.1 Å². The lowest BCUT2D eigenvalue weighted by Crippen LogP contribution is -2.08. The van der Waals surface area contributed by atoms with Crippen LogP contribution in [0.15, 0.2) is 179 Å². The zero-order valence-corrected chi connectivity index (χ0v) is 35.1. The van der Waals surface area contributed by atoms with Crippen molar-refractivity contribution in [2.24, 2.45) is 0 Å². The van der Waals surface area contributed by atoms with Crippen LogP contribution >= 0.6 is 0 Å². The second-order valence-corrected chi connectivity index (χ2v) is 17.8. The van der Waals surface area contributed by atoms with Crippen molar-refractivity contribution < 1.29 is 8.83 Å². The number of benzene rings is 8. The molecule has 0 spiro atoms. The van der Waals surface area contributed by atoms with Gasteiger partial charge in [-0.2, -0.15) is 0 Å². The number of para-hydroxylation sites is 1. The molecule has 1 unspecified atom stereocenters. The van der Waals surface area contributed by atoms with Crippen molar-refractivity contribution >= 4 is 49.8 Å². The molecule has 0 aliphatic heterocycles. The van der Waals surface area contributed by atoms with Crippen LogP contribution in [-0.2, 0) is 19.3 Å². The summed E-state index contributed by atoms with van der Waals surface area (Å²) in [5.41, 5.74) is 20.5. The van der Waals surface area contributed by atoms with E-state index in [4.69, 9.17) is 18.8 Å². The van der Waals surface area contributed by atoms with Crippen molar-refractivity contribution in [1.29, 1.82) is 0 Å². The van der Waals surface area contributed by atoms with E-state index in [1.54, 1.807) is 0 Å². The molecule has 0 N–H and O–H groups in total. The van der Waals surface area contributed by atoms with Gasteiger partial charge in [0.1, 0.15) is 22.5 Å². The molecule has 3 heterocycles. The van der Waals surface area contributed by atoms with Crippen molar-refractivity contribution in [1.82, 2.24) is 9.97 Å². The highest BCUT2D eigenvalue weighted by molar-refractivity contribution is 6.12.